The maximum absolute atomic E-state index is 6.19. The lowest BCUT2D eigenvalue weighted by molar-refractivity contribution is 0.315. The fraction of sp³-hybridized carbons (Fsp3) is 0.0833. The van der Waals surface area contributed by atoms with E-state index in [4.69, 9.17) is 11.6 Å². The van der Waals surface area contributed by atoms with Crippen molar-refractivity contribution in [1.82, 2.24) is 15.3 Å². The Morgan fingerprint density at radius 1 is 1.12 bits per heavy atom. The van der Waals surface area contributed by atoms with Gasteiger partial charge in [-0.1, -0.05) is 17.7 Å². The first-order valence-electron chi connectivity index (χ1n) is 5.09. The first-order valence-corrected chi connectivity index (χ1v) is 5.47. The van der Waals surface area contributed by atoms with Gasteiger partial charge in [0.25, 0.3) is 0 Å². The zero-order chi connectivity index (χ0) is 11.8. The molecule has 0 unspecified atom stereocenters. The van der Waals surface area contributed by atoms with E-state index in [9.17, 15) is 0 Å². The number of benzene rings is 1. The summed E-state index contributed by atoms with van der Waals surface area (Å²) in [6.07, 6.45) is 1.76. The van der Waals surface area contributed by atoms with Gasteiger partial charge in [-0.2, -0.15) is 0 Å². The molecule has 0 bridgehead atoms. The standard InChI is InChI=1S/C12H8ClN3O/c1-7-4-10(13)9(6-14-7)8-2-3-11-12(5-8)16-17-15-11/h2-6H,1H3. The van der Waals surface area contributed by atoms with Crippen LogP contribution >= 0.6 is 11.6 Å². The van der Waals surface area contributed by atoms with Crippen molar-refractivity contribution in [2.45, 2.75) is 6.92 Å². The fourth-order valence-electron chi connectivity index (χ4n) is 1.69. The number of rotatable bonds is 1. The van der Waals surface area contributed by atoms with E-state index in [1.807, 2.05) is 31.2 Å². The van der Waals surface area contributed by atoms with Crippen molar-refractivity contribution in [3.8, 4) is 11.1 Å². The summed E-state index contributed by atoms with van der Waals surface area (Å²) in [7, 11) is 0. The van der Waals surface area contributed by atoms with Gasteiger partial charge in [-0.15, -0.1) is 0 Å². The Bertz CT molecular complexity index is 693. The number of hydrogen-bond acceptors (Lipinski definition) is 4. The molecule has 17 heavy (non-hydrogen) atoms. The third-order valence-corrected chi connectivity index (χ3v) is 2.87. The van der Waals surface area contributed by atoms with E-state index in [2.05, 4.69) is 19.9 Å². The summed E-state index contributed by atoms with van der Waals surface area (Å²) in [4.78, 5) is 4.24. The number of pyridine rings is 1. The highest BCUT2D eigenvalue weighted by Gasteiger charge is 2.07. The molecule has 5 heteroatoms. The van der Waals surface area contributed by atoms with Gasteiger partial charge in [0.05, 0.1) is 5.02 Å². The largest absolute Gasteiger partial charge is 0.261 e. The Morgan fingerprint density at radius 3 is 2.76 bits per heavy atom. The normalized spacial score (nSPS) is 10.9. The quantitative estimate of drug-likeness (QED) is 0.660. The van der Waals surface area contributed by atoms with Gasteiger partial charge in [-0.25, -0.2) is 4.63 Å². The van der Waals surface area contributed by atoms with Crippen LogP contribution in [0.5, 0.6) is 0 Å². The summed E-state index contributed by atoms with van der Waals surface area (Å²) < 4.78 is 4.66. The SMILES string of the molecule is Cc1cc(Cl)c(-c2ccc3nonc3c2)cn1. The monoisotopic (exact) mass is 245 g/mol. The van der Waals surface area contributed by atoms with Gasteiger partial charge in [0.15, 0.2) is 0 Å². The highest BCUT2D eigenvalue weighted by molar-refractivity contribution is 6.33. The number of halogens is 1. The molecule has 0 atom stereocenters. The van der Waals surface area contributed by atoms with Crippen LogP contribution in [0.15, 0.2) is 35.1 Å². The minimum atomic E-state index is 0.674. The predicted octanol–water partition coefficient (Wildman–Crippen LogP) is 3.25. The van der Waals surface area contributed by atoms with Crippen LogP contribution in [0.4, 0.5) is 0 Å². The van der Waals surface area contributed by atoms with Gasteiger partial charge in [0.2, 0.25) is 0 Å². The van der Waals surface area contributed by atoms with Crippen LogP contribution in [0.3, 0.4) is 0 Å². The lowest BCUT2D eigenvalue weighted by Gasteiger charge is -2.04. The lowest BCUT2D eigenvalue weighted by Crippen LogP contribution is -1.85. The zero-order valence-corrected chi connectivity index (χ0v) is 9.77. The topological polar surface area (TPSA) is 51.8 Å². The minimum absolute atomic E-state index is 0.674. The summed E-state index contributed by atoms with van der Waals surface area (Å²) in [5.74, 6) is 0. The molecule has 0 aliphatic heterocycles. The first kappa shape index (κ1) is 10.2. The Hall–Kier alpha value is -1.94. The molecule has 0 N–H and O–H groups in total. The van der Waals surface area contributed by atoms with E-state index in [0.717, 1.165) is 22.3 Å². The first-order chi connectivity index (χ1) is 8.24. The third kappa shape index (κ3) is 1.76. The van der Waals surface area contributed by atoms with E-state index in [1.165, 1.54) is 0 Å². The van der Waals surface area contributed by atoms with Crippen LogP contribution in [0.2, 0.25) is 5.02 Å². The van der Waals surface area contributed by atoms with E-state index in [-0.39, 0.29) is 0 Å². The van der Waals surface area contributed by atoms with Gasteiger partial charge in [-0.3, -0.25) is 4.98 Å². The Labute approximate surface area is 102 Å². The van der Waals surface area contributed by atoms with Crippen molar-refractivity contribution < 1.29 is 4.63 Å². The molecule has 2 heterocycles. The van der Waals surface area contributed by atoms with Crippen LogP contribution in [0.1, 0.15) is 5.69 Å². The predicted molar refractivity (Wildman–Crippen MR) is 64.8 cm³/mol. The maximum Gasteiger partial charge on any atom is 0.135 e. The number of aryl methyl sites for hydroxylation is 1. The van der Waals surface area contributed by atoms with Crippen LogP contribution in [-0.4, -0.2) is 15.3 Å². The van der Waals surface area contributed by atoms with Crippen LogP contribution in [0.25, 0.3) is 22.2 Å². The van der Waals surface area contributed by atoms with Crippen LogP contribution in [-0.2, 0) is 0 Å². The van der Waals surface area contributed by atoms with Gasteiger partial charge in [0, 0.05) is 17.5 Å². The van der Waals surface area contributed by atoms with Gasteiger partial charge >= 0.3 is 0 Å². The van der Waals surface area contributed by atoms with Crippen molar-refractivity contribution in [2.75, 3.05) is 0 Å². The number of aromatic nitrogens is 3. The summed E-state index contributed by atoms with van der Waals surface area (Å²) >= 11 is 6.19. The molecule has 3 rings (SSSR count). The van der Waals surface area contributed by atoms with E-state index < -0.39 is 0 Å². The van der Waals surface area contributed by atoms with Crippen molar-refractivity contribution in [1.29, 1.82) is 0 Å². The molecule has 2 aromatic heterocycles. The number of hydrogen-bond donors (Lipinski definition) is 0. The average molecular weight is 246 g/mol. The van der Waals surface area contributed by atoms with E-state index >= 15 is 0 Å². The minimum Gasteiger partial charge on any atom is -0.261 e. The second-order valence-electron chi connectivity index (χ2n) is 3.77. The van der Waals surface area contributed by atoms with Crippen molar-refractivity contribution in [3.05, 3.63) is 41.2 Å². The fourth-order valence-corrected chi connectivity index (χ4v) is 2.00. The molecule has 0 aliphatic carbocycles. The third-order valence-electron chi connectivity index (χ3n) is 2.55. The Morgan fingerprint density at radius 2 is 1.94 bits per heavy atom. The summed E-state index contributed by atoms with van der Waals surface area (Å²) in [6.45, 7) is 1.90. The summed E-state index contributed by atoms with van der Waals surface area (Å²) in [5, 5.41) is 8.23. The highest BCUT2D eigenvalue weighted by atomic mass is 35.5. The molecule has 0 saturated heterocycles. The van der Waals surface area contributed by atoms with Crippen LogP contribution < -0.4 is 0 Å². The molecule has 84 valence electrons. The van der Waals surface area contributed by atoms with Crippen LogP contribution in [0, 0.1) is 6.92 Å². The molecule has 0 amide bonds. The molecule has 0 spiro atoms. The second-order valence-corrected chi connectivity index (χ2v) is 4.18. The lowest BCUT2D eigenvalue weighted by atomic mass is 10.1. The van der Waals surface area contributed by atoms with E-state index in [1.54, 1.807) is 6.20 Å². The molecular formula is C12H8ClN3O. The van der Waals surface area contributed by atoms with Crippen molar-refractivity contribution in [3.63, 3.8) is 0 Å². The molecule has 0 fully saturated rings. The maximum atomic E-state index is 6.19. The average Bonchev–Trinajstić information content (AvgIpc) is 2.75. The molecule has 0 saturated carbocycles. The molecule has 0 radical (unpaired) electrons. The molecule has 0 aliphatic rings. The zero-order valence-electron chi connectivity index (χ0n) is 9.01. The Balaban J connectivity index is 2.19. The highest BCUT2D eigenvalue weighted by Crippen LogP contribution is 2.29. The van der Waals surface area contributed by atoms with Crippen molar-refractivity contribution >= 4 is 22.6 Å². The second kappa shape index (κ2) is 3.82. The smallest absolute Gasteiger partial charge is 0.135 e. The molecule has 1 aromatic carbocycles. The van der Waals surface area contributed by atoms with Gasteiger partial charge in [0.1, 0.15) is 11.0 Å². The molecule has 4 nitrogen and oxygen atoms in total. The molecular weight excluding hydrogens is 238 g/mol. The number of fused-ring (bicyclic) bond motifs is 1. The molecule has 3 aromatic rings. The summed E-state index contributed by atoms with van der Waals surface area (Å²) in [6, 6.07) is 7.48. The van der Waals surface area contributed by atoms with E-state index in [0.29, 0.717) is 10.5 Å². The number of nitrogens with zero attached hydrogens (tertiary/aromatic N) is 3. The Kier molecular flexibility index (Phi) is 2.30. The summed E-state index contributed by atoms with van der Waals surface area (Å²) in [5.41, 5.74) is 4.15. The van der Waals surface area contributed by atoms with Crippen molar-refractivity contribution in [2.24, 2.45) is 0 Å². The van der Waals surface area contributed by atoms with Gasteiger partial charge in [-0.05, 0) is 41.0 Å². The van der Waals surface area contributed by atoms with Gasteiger partial charge < -0.3 is 0 Å².